The molecule has 0 spiro atoms. The van der Waals surface area contributed by atoms with E-state index in [1.165, 1.54) is 0 Å². The first-order valence-electron chi connectivity index (χ1n) is 4.94. The van der Waals surface area contributed by atoms with E-state index in [9.17, 15) is 4.79 Å². The fourth-order valence-electron chi connectivity index (χ4n) is 1.68. The van der Waals surface area contributed by atoms with Gasteiger partial charge in [0.05, 0.1) is 5.69 Å². The minimum atomic E-state index is 0.310. The molecule has 0 saturated carbocycles. The smallest absolute Gasteiger partial charge is 0.211 e. The Kier molecular flexibility index (Phi) is 3.59. The number of carbonyl (C=O) groups excluding carboxylic acids is 1. The molecule has 0 radical (unpaired) electrons. The third kappa shape index (κ3) is 2.42. The maximum Gasteiger partial charge on any atom is 0.240 e. The first-order chi connectivity index (χ1) is 7.07. The molecule has 15 heavy (non-hydrogen) atoms. The highest BCUT2D eigenvalue weighted by Gasteiger charge is 2.11. The molecule has 1 aromatic carbocycles. The van der Waals surface area contributed by atoms with Crippen LogP contribution in [0.25, 0.3) is 5.57 Å². The Hall–Kier alpha value is -1.66. The van der Waals surface area contributed by atoms with E-state index in [4.69, 9.17) is 0 Å². The van der Waals surface area contributed by atoms with Crippen LogP contribution in [0.2, 0.25) is 0 Å². The van der Waals surface area contributed by atoms with Crippen molar-refractivity contribution in [3.05, 3.63) is 35.9 Å². The van der Waals surface area contributed by atoms with Crippen LogP contribution in [0.4, 0.5) is 5.69 Å². The van der Waals surface area contributed by atoms with Crippen molar-refractivity contribution in [2.45, 2.75) is 26.7 Å². The van der Waals surface area contributed by atoms with Crippen molar-refractivity contribution in [1.29, 1.82) is 0 Å². The summed E-state index contributed by atoms with van der Waals surface area (Å²) in [5.41, 5.74) is 3.82. The van der Waals surface area contributed by atoms with Gasteiger partial charge < -0.3 is 0 Å². The fourth-order valence-corrected chi connectivity index (χ4v) is 1.68. The van der Waals surface area contributed by atoms with Gasteiger partial charge in [-0.25, -0.2) is 4.79 Å². The number of aliphatic imine (C=N–C) groups is 1. The van der Waals surface area contributed by atoms with E-state index in [0.717, 1.165) is 16.7 Å². The molecule has 0 heterocycles. The molecular formula is C13H15NO. The number of nitrogens with zero attached hydrogens (tertiary/aromatic N) is 1. The van der Waals surface area contributed by atoms with Crippen molar-refractivity contribution < 1.29 is 4.79 Å². The summed E-state index contributed by atoms with van der Waals surface area (Å²) in [5.74, 6) is 0.310. The van der Waals surface area contributed by atoms with Gasteiger partial charge in [0.1, 0.15) is 0 Å². The Morgan fingerprint density at radius 1 is 1.47 bits per heavy atom. The maximum absolute atomic E-state index is 10.3. The molecular weight excluding hydrogens is 186 g/mol. The zero-order valence-electron chi connectivity index (χ0n) is 9.37. The zero-order chi connectivity index (χ0) is 11.4. The van der Waals surface area contributed by atoms with Gasteiger partial charge in [-0.05, 0) is 30.0 Å². The number of rotatable bonds is 3. The van der Waals surface area contributed by atoms with Crippen LogP contribution in [-0.2, 0) is 4.79 Å². The minimum absolute atomic E-state index is 0.310. The number of hydrogen-bond donors (Lipinski definition) is 0. The van der Waals surface area contributed by atoms with E-state index < -0.39 is 0 Å². The number of hydrogen-bond acceptors (Lipinski definition) is 2. The van der Waals surface area contributed by atoms with Gasteiger partial charge in [-0.1, -0.05) is 38.1 Å². The van der Waals surface area contributed by atoms with E-state index in [-0.39, 0.29) is 0 Å². The lowest BCUT2D eigenvalue weighted by atomic mass is 9.92. The quantitative estimate of drug-likeness (QED) is 0.540. The van der Waals surface area contributed by atoms with Gasteiger partial charge >= 0.3 is 0 Å². The normalized spacial score (nSPS) is 9.87. The van der Waals surface area contributed by atoms with Crippen LogP contribution in [0.1, 0.15) is 37.8 Å². The largest absolute Gasteiger partial charge is 0.240 e. The standard InChI is InChI=1S/C13H15NO/c1-9(2)11-6-5-7-12(14-8-15)13(11)10(3)4/h5-7,10H,1H2,2-4H3. The molecule has 0 saturated heterocycles. The van der Waals surface area contributed by atoms with E-state index >= 15 is 0 Å². The molecule has 2 heteroatoms. The van der Waals surface area contributed by atoms with Crippen molar-refractivity contribution in [3.63, 3.8) is 0 Å². The lowest BCUT2D eigenvalue weighted by Crippen LogP contribution is -1.94. The molecule has 2 nitrogen and oxygen atoms in total. The van der Waals surface area contributed by atoms with E-state index in [1.54, 1.807) is 6.08 Å². The molecule has 0 aliphatic rings. The summed E-state index contributed by atoms with van der Waals surface area (Å²) in [6.07, 6.45) is 1.59. The van der Waals surface area contributed by atoms with Gasteiger partial charge in [-0.2, -0.15) is 4.99 Å². The molecule has 78 valence electrons. The predicted octanol–water partition coefficient (Wildman–Crippen LogP) is 3.81. The number of allylic oxidation sites excluding steroid dienone is 1. The molecule has 0 bridgehead atoms. The van der Waals surface area contributed by atoms with Gasteiger partial charge in [-0.3, -0.25) is 0 Å². The second kappa shape index (κ2) is 4.72. The molecule has 0 aromatic heterocycles. The summed E-state index contributed by atoms with van der Waals surface area (Å²) >= 11 is 0. The highest BCUT2D eigenvalue weighted by molar-refractivity contribution is 5.71. The number of isocyanates is 1. The third-order valence-corrected chi connectivity index (χ3v) is 2.29. The molecule has 0 N–H and O–H groups in total. The third-order valence-electron chi connectivity index (χ3n) is 2.29. The molecule has 0 aliphatic carbocycles. The van der Waals surface area contributed by atoms with Gasteiger partial charge in [0.15, 0.2) is 0 Å². The molecule has 0 aliphatic heterocycles. The van der Waals surface area contributed by atoms with Gasteiger partial charge in [-0.15, -0.1) is 0 Å². The summed E-state index contributed by atoms with van der Waals surface area (Å²) in [7, 11) is 0. The highest BCUT2D eigenvalue weighted by atomic mass is 16.1. The average Bonchev–Trinajstić information content (AvgIpc) is 2.17. The summed E-state index contributed by atoms with van der Waals surface area (Å²) in [6, 6.07) is 5.71. The van der Waals surface area contributed by atoms with Crippen molar-refractivity contribution in [2.75, 3.05) is 0 Å². The Bertz CT molecular complexity index is 406. The van der Waals surface area contributed by atoms with Crippen molar-refractivity contribution >= 4 is 17.3 Å². The molecule has 0 fully saturated rings. The Morgan fingerprint density at radius 3 is 2.60 bits per heavy atom. The Labute approximate surface area is 90.4 Å². The van der Waals surface area contributed by atoms with Crippen molar-refractivity contribution in [3.8, 4) is 0 Å². The first kappa shape index (κ1) is 11.4. The molecule has 0 unspecified atom stereocenters. The molecule has 0 atom stereocenters. The maximum atomic E-state index is 10.3. The lowest BCUT2D eigenvalue weighted by molar-refractivity contribution is 0.565. The second-order valence-electron chi connectivity index (χ2n) is 3.88. The predicted molar refractivity (Wildman–Crippen MR) is 63.0 cm³/mol. The SMILES string of the molecule is C=C(C)c1cccc(N=C=O)c1C(C)C. The Balaban J connectivity index is 3.47. The lowest BCUT2D eigenvalue weighted by Gasteiger charge is -2.14. The minimum Gasteiger partial charge on any atom is -0.211 e. The van der Waals surface area contributed by atoms with Crippen molar-refractivity contribution in [1.82, 2.24) is 0 Å². The monoisotopic (exact) mass is 201 g/mol. The van der Waals surface area contributed by atoms with E-state index in [0.29, 0.717) is 11.6 Å². The Morgan fingerprint density at radius 2 is 2.13 bits per heavy atom. The van der Waals surface area contributed by atoms with Crippen LogP contribution in [0.15, 0.2) is 29.8 Å². The van der Waals surface area contributed by atoms with E-state index in [1.807, 2.05) is 25.1 Å². The van der Waals surface area contributed by atoms with Crippen LogP contribution in [0, 0.1) is 0 Å². The molecule has 1 rings (SSSR count). The number of benzene rings is 1. The van der Waals surface area contributed by atoms with Crippen LogP contribution >= 0.6 is 0 Å². The molecule has 0 amide bonds. The van der Waals surface area contributed by atoms with Gasteiger partial charge in [0, 0.05) is 0 Å². The van der Waals surface area contributed by atoms with E-state index in [2.05, 4.69) is 25.4 Å². The summed E-state index contributed by atoms with van der Waals surface area (Å²) < 4.78 is 0. The average molecular weight is 201 g/mol. The zero-order valence-corrected chi connectivity index (χ0v) is 9.37. The summed E-state index contributed by atoms with van der Waals surface area (Å²) in [5, 5.41) is 0. The first-order valence-corrected chi connectivity index (χ1v) is 4.94. The second-order valence-corrected chi connectivity index (χ2v) is 3.88. The molecule has 1 aromatic rings. The van der Waals surface area contributed by atoms with Gasteiger partial charge in [0.2, 0.25) is 6.08 Å². The van der Waals surface area contributed by atoms with Crippen LogP contribution in [0.3, 0.4) is 0 Å². The highest BCUT2D eigenvalue weighted by Crippen LogP contribution is 2.32. The topological polar surface area (TPSA) is 29.4 Å². The summed E-state index contributed by atoms with van der Waals surface area (Å²) in [4.78, 5) is 14.0. The van der Waals surface area contributed by atoms with Crippen LogP contribution < -0.4 is 0 Å². The fraction of sp³-hybridized carbons (Fsp3) is 0.308. The van der Waals surface area contributed by atoms with Crippen LogP contribution in [0.5, 0.6) is 0 Å². The van der Waals surface area contributed by atoms with Gasteiger partial charge in [0.25, 0.3) is 0 Å². The summed E-state index contributed by atoms with van der Waals surface area (Å²) in [6.45, 7) is 10.0. The van der Waals surface area contributed by atoms with Crippen molar-refractivity contribution in [2.24, 2.45) is 4.99 Å². The van der Waals surface area contributed by atoms with Crippen LogP contribution in [-0.4, -0.2) is 6.08 Å².